The average molecular weight is 378 g/mol. The summed E-state index contributed by atoms with van der Waals surface area (Å²) in [5.41, 5.74) is 5.09. The molecule has 6 heteroatoms. The number of rotatable bonds is 3. The second kappa shape index (κ2) is 6.85. The minimum Gasteiger partial charge on any atom is -0.434 e. The first-order valence-corrected chi connectivity index (χ1v) is 8.79. The number of amides is 1. The SMILES string of the molecule is Cc1ccc(C(=O)Nc2ccc(-c3nc4ncccc4o3)cc2C)cc1Cl. The molecule has 2 aromatic heterocycles. The Morgan fingerprint density at radius 1 is 1.07 bits per heavy atom. The van der Waals surface area contributed by atoms with Gasteiger partial charge in [0.15, 0.2) is 11.2 Å². The van der Waals surface area contributed by atoms with E-state index in [0.717, 1.165) is 22.4 Å². The number of anilines is 1. The summed E-state index contributed by atoms with van der Waals surface area (Å²) < 4.78 is 5.75. The lowest BCUT2D eigenvalue weighted by Crippen LogP contribution is -2.12. The molecule has 0 fully saturated rings. The molecule has 0 aliphatic carbocycles. The highest BCUT2D eigenvalue weighted by Gasteiger charge is 2.13. The molecule has 0 bridgehead atoms. The highest BCUT2D eigenvalue weighted by atomic mass is 35.5. The number of hydrogen-bond acceptors (Lipinski definition) is 4. The van der Waals surface area contributed by atoms with E-state index < -0.39 is 0 Å². The first-order valence-electron chi connectivity index (χ1n) is 8.41. The number of hydrogen-bond donors (Lipinski definition) is 1. The zero-order valence-corrected chi connectivity index (χ0v) is 15.5. The molecule has 0 atom stereocenters. The zero-order chi connectivity index (χ0) is 19.0. The molecule has 134 valence electrons. The lowest BCUT2D eigenvalue weighted by molar-refractivity contribution is 0.102. The van der Waals surface area contributed by atoms with Crippen LogP contribution in [0.4, 0.5) is 5.69 Å². The van der Waals surface area contributed by atoms with Gasteiger partial charge >= 0.3 is 0 Å². The van der Waals surface area contributed by atoms with Gasteiger partial charge in [-0.3, -0.25) is 4.79 Å². The fourth-order valence-corrected chi connectivity index (χ4v) is 2.94. The van der Waals surface area contributed by atoms with Gasteiger partial charge in [0.05, 0.1) is 0 Å². The fraction of sp³-hybridized carbons (Fsp3) is 0.0952. The maximum atomic E-state index is 12.5. The number of halogens is 1. The lowest BCUT2D eigenvalue weighted by atomic mass is 10.1. The summed E-state index contributed by atoms with van der Waals surface area (Å²) in [6, 6.07) is 14.5. The minimum absolute atomic E-state index is 0.209. The number of carbonyl (C=O) groups excluding carboxylic acids is 1. The van der Waals surface area contributed by atoms with Gasteiger partial charge in [-0.1, -0.05) is 17.7 Å². The summed E-state index contributed by atoms with van der Waals surface area (Å²) in [4.78, 5) is 21.1. The molecule has 2 heterocycles. The van der Waals surface area contributed by atoms with Crippen LogP contribution < -0.4 is 5.32 Å². The van der Waals surface area contributed by atoms with Crippen LogP contribution in [0.3, 0.4) is 0 Å². The number of nitrogens with one attached hydrogen (secondary N) is 1. The van der Waals surface area contributed by atoms with Crippen LogP contribution in [0.25, 0.3) is 22.7 Å². The van der Waals surface area contributed by atoms with Gasteiger partial charge in [-0.05, 0) is 67.4 Å². The Bertz CT molecular complexity index is 1130. The number of fused-ring (bicyclic) bond motifs is 1. The van der Waals surface area contributed by atoms with Gasteiger partial charge in [-0.2, -0.15) is 4.98 Å². The maximum absolute atomic E-state index is 12.5. The van der Waals surface area contributed by atoms with Gasteiger partial charge in [-0.15, -0.1) is 0 Å². The van der Waals surface area contributed by atoms with Crippen LogP contribution in [-0.4, -0.2) is 15.9 Å². The van der Waals surface area contributed by atoms with Crippen LogP contribution in [0.5, 0.6) is 0 Å². The van der Waals surface area contributed by atoms with Crippen LogP contribution in [0.1, 0.15) is 21.5 Å². The van der Waals surface area contributed by atoms with Gasteiger partial charge in [-0.25, -0.2) is 4.98 Å². The molecule has 27 heavy (non-hydrogen) atoms. The lowest BCUT2D eigenvalue weighted by Gasteiger charge is -2.10. The van der Waals surface area contributed by atoms with Crippen LogP contribution in [0.15, 0.2) is 59.1 Å². The number of benzene rings is 2. The standard InChI is InChI=1S/C21H16ClN3O2/c1-12-5-6-14(11-16(12)22)20(26)24-17-8-7-15(10-13(17)2)21-25-19-18(27-21)4-3-9-23-19/h3-11H,1-2H3,(H,24,26). The van der Waals surface area contributed by atoms with E-state index in [2.05, 4.69) is 15.3 Å². The Morgan fingerprint density at radius 2 is 1.93 bits per heavy atom. The summed E-state index contributed by atoms with van der Waals surface area (Å²) in [6.45, 7) is 3.82. The molecule has 4 rings (SSSR count). The molecule has 0 saturated carbocycles. The first kappa shape index (κ1) is 17.2. The molecule has 0 aliphatic heterocycles. The topological polar surface area (TPSA) is 68.0 Å². The third-order valence-electron chi connectivity index (χ3n) is 4.32. The van der Waals surface area contributed by atoms with E-state index in [1.807, 2.05) is 44.2 Å². The van der Waals surface area contributed by atoms with Crippen molar-refractivity contribution in [3.63, 3.8) is 0 Å². The van der Waals surface area contributed by atoms with E-state index in [1.54, 1.807) is 24.4 Å². The van der Waals surface area contributed by atoms with Crippen molar-refractivity contribution in [3.05, 3.63) is 76.4 Å². The Labute approximate surface area is 161 Å². The van der Waals surface area contributed by atoms with Crippen molar-refractivity contribution in [2.24, 2.45) is 0 Å². The predicted molar refractivity (Wildman–Crippen MR) is 106 cm³/mol. The van der Waals surface area contributed by atoms with E-state index in [1.165, 1.54) is 0 Å². The second-order valence-corrected chi connectivity index (χ2v) is 6.70. The van der Waals surface area contributed by atoms with Crippen LogP contribution in [0.2, 0.25) is 5.02 Å². The molecule has 1 amide bonds. The van der Waals surface area contributed by atoms with Crippen molar-refractivity contribution in [1.82, 2.24) is 9.97 Å². The Kier molecular flexibility index (Phi) is 4.38. The van der Waals surface area contributed by atoms with Crippen molar-refractivity contribution >= 4 is 34.4 Å². The number of aromatic nitrogens is 2. The fourth-order valence-electron chi connectivity index (χ4n) is 2.76. The quantitative estimate of drug-likeness (QED) is 0.518. The normalized spacial score (nSPS) is 10.9. The highest BCUT2D eigenvalue weighted by molar-refractivity contribution is 6.31. The number of pyridine rings is 1. The third kappa shape index (κ3) is 3.41. The van der Waals surface area contributed by atoms with Gasteiger partial charge in [0.2, 0.25) is 5.89 Å². The van der Waals surface area contributed by atoms with Crippen molar-refractivity contribution in [2.45, 2.75) is 13.8 Å². The number of oxazole rings is 1. The number of nitrogens with zero attached hydrogens (tertiary/aromatic N) is 2. The Balaban J connectivity index is 1.59. The molecule has 4 aromatic rings. The van der Waals surface area contributed by atoms with E-state index in [-0.39, 0.29) is 5.91 Å². The van der Waals surface area contributed by atoms with Crippen molar-refractivity contribution in [3.8, 4) is 11.5 Å². The smallest absolute Gasteiger partial charge is 0.255 e. The summed E-state index contributed by atoms with van der Waals surface area (Å²) in [5.74, 6) is 0.286. The van der Waals surface area contributed by atoms with E-state index >= 15 is 0 Å². The van der Waals surface area contributed by atoms with E-state index in [4.69, 9.17) is 16.0 Å². The number of aryl methyl sites for hydroxylation is 2. The molecule has 0 unspecified atom stereocenters. The molecule has 0 saturated heterocycles. The maximum Gasteiger partial charge on any atom is 0.255 e. The van der Waals surface area contributed by atoms with Crippen LogP contribution in [-0.2, 0) is 0 Å². The van der Waals surface area contributed by atoms with Crippen LogP contribution >= 0.6 is 11.6 Å². The predicted octanol–water partition coefficient (Wildman–Crippen LogP) is 5.41. The molecule has 5 nitrogen and oxygen atoms in total. The molecule has 2 aromatic carbocycles. The summed E-state index contributed by atoms with van der Waals surface area (Å²) in [7, 11) is 0. The molecular formula is C21H16ClN3O2. The van der Waals surface area contributed by atoms with Gasteiger partial charge in [0.1, 0.15) is 0 Å². The average Bonchev–Trinajstić information content (AvgIpc) is 3.09. The van der Waals surface area contributed by atoms with Crippen molar-refractivity contribution < 1.29 is 9.21 Å². The van der Waals surface area contributed by atoms with Gasteiger partial charge in [0, 0.05) is 28.0 Å². The molecular weight excluding hydrogens is 362 g/mol. The summed E-state index contributed by atoms with van der Waals surface area (Å²) in [6.07, 6.45) is 1.68. The second-order valence-electron chi connectivity index (χ2n) is 6.29. The van der Waals surface area contributed by atoms with Crippen molar-refractivity contribution in [2.75, 3.05) is 5.32 Å². The monoisotopic (exact) mass is 377 g/mol. The van der Waals surface area contributed by atoms with Crippen LogP contribution in [0, 0.1) is 13.8 Å². The first-order chi connectivity index (χ1) is 13.0. The summed E-state index contributed by atoms with van der Waals surface area (Å²) in [5, 5.41) is 3.49. The minimum atomic E-state index is -0.209. The van der Waals surface area contributed by atoms with Gasteiger partial charge < -0.3 is 9.73 Å². The molecule has 0 aliphatic rings. The molecule has 1 N–H and O–H groups in total. The van der Waals surface area contributed by atoms with E-state index in [0.29, 0.717) is 27.7 Å². The van der Waals surface area contributed by atoms with E-state index in [9.17, 15) is 4.79 Å². The molecule has 0 radical (unpaired) electrons. The van der Waals surface area contributed by atoms with Crippen molar-refractivity contribution in [1.29, 1.82) is 0 Å². The Morgan fingerprint density at radius 3 is 2.67 bits per heavy atom. The Hall–Kier alpha value is -3.18. The third-order valence-corrected chi connectivity index (χ3v) is 4.73. The van der Waals surface area contributed by atoms with Gasteiger partial charge in [0.25, 0.3) is 5.91 Å². The zero-order valence-electron chi connectivity index (χ0n) is 14.8. The summed E-state index contributed by atoms with van der Waals surface area (Å²) >= 11 is 6.11. The molecule has 0 spiro atoms. The number of carbonyl (C=O) groups is 1. The highest BCUT2D eigenvalue weighted by Crippen LogP contribution is 2.27. The largest absolute Gasteiger partial charge is 0.434 e.